The lowest BCUT2D eigenvalue weighted by Crippen LogP contribution is -2.04. The lowest BCUT2D eigenvalue weighted by Gasteiger charge is -1.99. The van der Waals surface area contributed by atoms with Crippen molar-refractivity contribution in [1.29, 1.82) is 0 Å². The molecule has 0 atom stereocenters. The minimum absolute atomic E-state index is 0.228. The van der Waals surface area contributed by atoms with E-state index in [9.17, 15) is 19.2 Å². The fraction of sp³-hybridized carbons (Fsp3) is 0.300. The Morgan fingerprint density at radius 1 is 0.767 bits per heavy atom. The van der Waals surface area contributed by atoms with Gasteiger partial charge >= 0.3 is 23.9 Å². The zero-order valence-corrected chi connectivity index (χ0v) is 16.8. The monoisotopic (exact) mass is 420 g/mol. The molecule has 2 aromatic rings. The smallest absolute Gasteiger partial charge is 0.341 e. The molecule has 0 N–H and O–H groups in total. The van der Waals surface area contributed by atoms with Gasteiger partial charge in [-0.15, -0.1) is 0 Å². The summed E-state index contributed by atoms with van der Waals surface area (Å²) in [5.41, 5.74) is 0.456. The molecule has 10 nitrogen and oxygen atoms in total. The van der Waals surface area contributed by atoms with E-state index in [2.05, 4.69) is 9.47 Å². The number of carbonyl (C=O) groups excluding carboxylic acids is 4. The molecule has 0 fully saturated rings. The minimum atomic E-state index is -0.817. The highest BCUT2D eigenvalue weighted by molar-refractivity contribution is 5.92. The standard InChI is InChI=1S/C20H20O10/c1-11-15(19(23)25-3)7-13(29-11)9-27-17(21)5-6-18(22)28-10-14-8-16(12(2)30-14)20(24)26-4/h5-8H,9-10H2,1-4H3/b6-5+. The van der Waals surface area contributed by atoms with E-state index < -0.39 is 23.9 Å². The van der Waals surface area contributed by atoms with E-state index in [1.165, 1.54) is 26.4 Å². The summed E-state index contributed by atoms with van der Waals surface area (Å²) in [6, 6.07) is 2.81. The molecule has 0 aliphatic heterocycles. The maximum absolute atomic E-state index is 11.7. The van der Waals surface area contributed by atoms with Crippen LogP contribution in [0.1, 0.15) is 43.8 Å². The Kier molecular flexibility index (Phi) is 7.56. The fourth-order valence-corrected chi connectivity index (χ4v) is 2.37. The number of esters is 4. The molecule has 2 rings (SSSR count). The maximum atomic E-state index is 11.7. The first-order valence-corrected chi connectivity index (χ1v) is 8.62. The Bertz CT molecular complexity index is 898. The zero-order valence-electron chi connectivity index (χ0n) is 16.8. The quantitative estimate of drug-likeness (QED) is 0.356. The maximum Gasteiger partial charge on any atom is 0.341 e. The third-order valence-electron chi connectivity index (χ3n) is 3.82. The van der Waals surface area contributed by atoms with E-state index >= 15 is 0 Å². The Morgan fingerprint density at radius 2 is 1.13 bits per heavy atom. The molecule has 0 bridgehead atoms. The van der Waals surface area contributed by atoms with Crippen LogP contribution < -0.4 is 0 Å². The second kappa shape index (κ2) is 10.1. The van der Waals surface area contributed by atoms with Gasteiger partial charge in [0.05, 0.1) is 14.2 Å². The van der Waals surface area contributed by atoms with Gasteiger partial charge in [-0.1, -0.05) is 0 Å². The largest absolute Gasteiger partial charge is 0.465 e. The van der Waals surface area contributed by atoms with Crippen LogP contribution in [0.2, 0.25) is 0 Å². The second-order valence-electron chi connectivity index (χ2n) is 5.90. The molecule has 0 saturated carbocycles. The molecule has 0 aromatic carbocycles. The van der Waals surface area contributed by atoms with Crippen LogP contribution in [-0.2, 0) is 41.8 Å². The van der Waals surface area contributed by atoms with E-state index in [0.717, 1.165) is 12.2 Å². The number of hydrogen-bond donors (Lipinski definition) is 0. The van der Waals surface area contributed by atoms with Crippen LogP contribution >= 0.6 is 0 Å². The fourth-order valence-electron chi connectivity index (χ4n) is 2.37. The molecule has 0 unspecified atom stereocenters. The van der Waals surface area contributed by atoms with E-state index in [-0.39, 0.29) is 35.9 Å². The van der Waals surface area contributed by atoms with Gasteiger partial charge in [-0.2, -0.15) is 0 Å². The van der Waals surface area contributed by atoms with Gasteiger partial charge in [0, 0.05) is 12.2 Å². The number of furan rings is 2. The average Bonchev–Trinajstić information content (AvgIpc) is 3.29. The highest BCUT2D eigenvalue weighted by Crippen LogP contribution is 2.17. The second-order valence-corrected chi connectivity index (χ2v) is 5.90. The highest BCUT2D eigenvalue weighted by Gasteiger charge is 2.17. The van der Waals surface area contributed by atoms with E-state index in [4.69, 9.17) is 18.3 Å². The van der Waals surface area contributed by atoms with Gasteiger partial charge in [-0.25, -0.2) is 19.2 Å². The lowest BCUT2D eigenvalue weighted by atomic mass is 10.2. The predicted molar refractivity (Wildman–Crippen MR) is 98.3 cm³/mol. The number of methoxy groups -OCH3 is 2. The molecule has 2 aromatic heterocycles. The summed E-state index contributed by atoms with van der Waals surface area (Å²) in [5.74, 6) is -1.63. The van der Waals surface area contributed by atoms with Gasteiger partial charge in [-0.05, 0) is 26.0 Å². The van der Waals surface area contributed by atoms with Crippen molar-refractivity contribution in [3.63, 3.8) is 0 Å². The van der Waals surface area contributed by atoms with Crippen molar-refractivity contribution in [2.24, 2.45) is 0 Å². The highest BCUT2D eigenvalue weighted by atomic mass is 16.6. The van der Waals surface area contributed by atoms with E-state index in [1.54, 1.807) is 13.8 Å². The summed E-state index contributed by atoms with van der Waals surface area (Å²) in [7, 11) is 2.48. The van der Waals surface area contributed by atoms with Gasteiger partial charge in [0.2, 0.25) is 0 Å². The van der Waals surface area contributed by atoms with Crippen molar-refractivity contribution < 1.29 is 47.0 Å². The van der Waals surface area contributed by atoms with Crippen molar-refractivity contribution >= 4 is 23.9 Å². The van der Waals surface area contributed by atoms with Crippen LogP contribution in [0.5, 0.6) is 0 Å². The molecule has 2 heterocycles. The number of carbonyl (C=O) groups is 4. The molecule has 0 amide bonds. The molecule has 10 heteroatoms. The van der Waals surface area contributed by atoms with Crippen molar-refractivity contribution in [3.8, 4) is 0 Å². The van der Waals surface area contributed by atoms with E-state index in [1.807, 2.05) is 0 Å². The normalized spacial score (nSPS) is 10.7. The third kappa shape index (κ3) is 5.84. The molecule has 0 saturated heterocycles. The molecular weight excluding hydrogens is 400 g/mol. The Hall–Kier alpha value is -3.82. The molecule has 0 aliphatic rings. The van der Waals surface area contributed by atoms with Gasteiger partial charge in [0.25, 0.3) is 0 Å². The average molecular weight is 420 g/mol. The number of aryl methyl sites for hydroxylation is 2. The number of hydrogen-bond acceptors (Lipinski definition) is 10. The molecular formula is C20H20O10. The summed E-state index contributed by atoms with van der Waals surface area (Å²) in [4.78, 5) is 46.5. The Labute approximate surface area is 171 Å². The SMILES string of the molecule is COC(=O)c1cc(COC(=O)/C=C/C(=O)OCc2cc(C(=O)OC)c(C)o2)oc1C. The van der Waals surface area contributed by atoms with Crippen LogP contribution in [0, 0.1) is 13.8 Å². The van der Waals surface area contributed by atoms with Gasteiger partial charge in [0.15, 0.2) is 0 Å². The first-order valence-electron chi connectivity index (χ1n) is 8.62. The van der Waals surface area contributed by atoms with Gasteiger partial charge in [-0.3, -0.25) is 0 Å². The topological polar surface area (TPSA) is 131 Å². The molecule has 160 valence electrons. The van der Waals surface area contributed by atoms with Crippen LogP contribution in [0.3, 0.4) is 0 Å². The molecule has 30 heavy (non-hydrogen) atoms. The van der Waals surface area contributed by atoms with Crippen LogP contribution in [0.4, 0.5) is 0 Å². The summed E-state index contributed by atoms with van der Waals surface area (Å²) < 4.78 is 29.7. The lowest BCUT2D eigenvalue weighted by molar-refractivity contribution is -0.142. The first kappa shape index (κ1) is 22.5. The molecule has 0 aliphatic carbocycles. The van der Waals surface area contributed by atoms with Gasteiger partial charge < -0.3 is 27.8 Å². The van der Waals surface area contributed by atoms with Crippen molar-refractivity contribution in [3.05, 3.63) is 58.5 Å². The van der Waals surface area contributed by atoms with Crippen LogP contribution in [-0.4, -0.2) is 38.1 Å². The van der Waals surface area contributed by atoms with Gasteiger partial charge in [0.1, 0.15) is 47.4 Å². The van der Waals surface area contributed by atoms with Crippen molar-refractivity contribution in [2.75, 3.05) is 14.2 Å². The summed E-state index contributed by atoms with van der Waals surface area (Å²) in [6.45, 7) is 2.67. The minimum Gasteiger partial charge on any atom is -0.465 e. The third-order valence-corrected chi connectivity index (χ3v) is 3.82. The molecule has 0 spiro atoms. The Morgan fingerprint density at radius 3 is 1.47 bits per heavy atom. The number of rotatable bonds is 8. The summed E-state index contributed by atoms with van der Waals surface area (Å²) >= 11 is 0. The summed E-state index contributed by atoms with van der Waals surface area (Å²) in [6.07, 6.45) is 1.76. The van der Waals surface area contributed by atoms with Crippen LogP contribution in [0.25, 0.3) is 0 Å². The number of ether oxygens (including phenoxy) is 4. The Balaban J connectivity index is 1.81. The molecule has 0 radical (unpaired) electrons. The predicted octanol–water partition coefficient (Wildman–Crippen LogP) is 2.41. The van der Waals surface area contributed by atoms with Crippen molar-refractivity contribution in [2.45, 2.75) is 27.1 Å². The first-order chi connectivity index (χ1) is 14.2. The van der Waals surface area contributed by atoms with Crippen LogP contribution in [0.15, 0.2) is 33.1 Å². The van der Waals surface area contributed by atoms with E-state index in [0.29, 0.717) is 11.5 Å². The van der Waals surface area contributed by atoms with Crippen molar-refractivity contribution in [1.82, 2.24) is 0 Å². The summed E-state index contributed by atoms with van der Waals surface area (Å²) in [5, 5.41) is 0. The zero-order chi connectivity index (χ0) is 22.3.